The standard InChI is InChI=1S/C10H22N2O2/c1-8(3-4-13)7-12-10(14)5-9(2)6-11/h8-9,13H,3-7,11H2,1-2H3,(H,12,14). The number of carbonyl (C=O) groups excluding carboxylic acids is 1. The van der Waals surface area contributed by atoms with Crippen LogP contribution in [0.25, 0.3) is 0 Å². The molecule has 0 bridgehead atoms. The number of nitrogens with two attached hydrogens (primary N) is 1. The van der Waals surface area contributed by atoms with E-state index >= 15 is 0 Å². The van der Waals surface area contributed by atoms with Crippen LogP contribution in [0.4, 0.5) is 0 Å². The molecule has 2 unspecified atom stereocenters. The molecule has 4 nitrogen and oxygen atoms in total. The van der Waals surface area contributed by atoms with Crippen LogP contribution in [0.1, 0.15) is 26.7 Å². The summed E-state index contributed by atoms with van der Waals surface area (Å²) in [6.45, 7) is 5.31. The molecule has 0 saturated heterocycles. The molecule has 0 aromatic carbocycles. The van der Waals surface area contributed by atoms with E-state index < -0.39 is 0 Å². The number of carbonyl (C=O) groups is 1. The Balaban J connectivity index is 3.53. The second kappa shape index (κ2) is 7.76. The number of aliphatic hydroxyl groups excluding tert-OH is 1. The van der Waals surface area contributed by atoms with Crippen LogP contribution in [0.2, 0.25) is 0 Å². The maximum absolute atomic E-state index is 11.3. The number of nitrogens with one attached hydrogen (secondary N) is 1. The topological polar surface area (TPSA) is 75.3 Å². The highest BCUT2D eigenvalue weighted by Gasteiger charge is 2.08. The van der Waals surface area contributed by atoms with Gasteiger partial charge in [0.2, 0.25) is 5.91 Å². The van der Waals surface area contributed by atoms with Crippen LogP contribution in [-0.2, 0) is 4.79 Å². The zero-order valence-corrected chi connectivity index (χ0v) is 9.12. The summed E-state index contributed by atoms with van der Waals surface area (Å²) in [5, 5.41) is 11.5. The van der Waals surface area contributed by atoms with Gasteiger partial charge in [-0.3, -0.25) is 4.79 Å². The first-order valence-corrected chi connectivity index (χ1v) is 5.17. The number of hydrogen-bond acceptors (Lipinski definition) is 3. The van der Waals surface area contributed by atoms with Gasteiger partial charge in [-0.15, -0.1) is 0 Å². The van der Waals surface area contributed by atoms with Crippen molar-refractivity contribution in [3.8, 4) is 0 Å². The Bertz CT molecular complexity index is 162. The molecule has 0 saturated carbocycles. The molecule has 14 heavy (non-hydrogen) atoms. The van der Waals surface area contributed by atoms with Gasteiger partial charge in [-0.05, 0) is 24.8 Å². The zero-order valence-electron chi connectivity index (χ0n) is 9.12. The molecule has 0 radical (unpaired) electrons. The summed E-state index contributed by atoms with van der Waals surface area (Å²) in [5.41, 5.74) is 5.41. The second-order valence-electron chi connectivity index (χ2n) is 3.97. The van der Waals surface area contributed by atoms with Crippen LogP contribution in [0, 0.1) is 11.8 Å². The Morgan fingerprint density at radius 2 is 2.07 bits per heavy atom. The molecule has 1 amide bonds. The molecule has 84 valence electrons. The van der Waals surface area contributed by atoms with E-state index in [-0.39, 0.29) is 18.4 Å². The molecule has 0 rings (SSSR count). The molecule has 0 aliphatic carbocycles. The first-order valence-electron chi connectivity index (χ1n) is 5.17. The third kappa shape index (κ3) is 6.86. The Morgan fingerprint density at radius 3 is 2.57 bits per heavy atom. The molecule has 0 aliphatic heterocycles. The van der Waals surface area contributed by atoms with Crippen molar-refractivity contribution in [3.63, 3.8) is 0 Å². The van der Waals surface area contributed by atoms with E-state index in [1.54, 1.807) is 0 Å². The minimum Gasteiger partial charge on any atom is -0.396 e. The summed E-state index contributed by atoms with van der Waals surface area (Å²) in [5.74, 6) is 0.619. The minimum absolute atomic E-state index is 0.0488. The minimum atomic E-state index is 0.0488. The third-order valence-corrected chi connectivity index (χ3v) is 2.21. The first-order chi connectivity index (χ1) is 6.60. The van der Waals surface area contributed by atoms with Gasteiger partial charge in [-0.25, -0.2) is 0 Å². The third-order valence-electron chi connectivity index (χ3n) is 2.21. The summed E-state index contributed by atoms with van der Waals surface area (Å²) in [4.78, 5) is 11.3. The van der Waals surface area contributed by atoms with Crippen molar-refractivity contribution in [2.75, 3.05) is 19.7 Å². The van der Waals surface area contributed by atoms with Gasteiger partial charge >= 0.3 is 0 Å². The van der Waals surface area contributed by atoms with Crippen LogP contribution >= 0.6 is 0 Å². The Morgan fingerprint density at radius 1 is 1.43 bits per heavy atom. The predicted molar refractivity (Wildman–Crippen MR) is 56.7 cm³/mol. The molecule has 2 atom stereocenters. The van der Waals surface area contributed by atoms with Crippen molar-refractivity contribution in [2.45, 2.75) is 26.7 Å². The van der Waals surface area contributed by atoms with Gasteiger partial charge in [0.15, 0.2) is 0 Å². The highest BCUT2D eigenvalue weighted by Crippen LogP contribution is 2.01. The lowest BCUT2D eigenvalue weighted by molar-refractivity contribution is -0.122. The van der Waals surface area contributed by atoms with Gasteiger partial charge in [0, 0.05) is 19.6 Å². The quantitative estimate of drug-likeness (QED) is 0.548. The molecule has 0 aliphatic rings. The fraction of sp³-hybridized carbons (Fsp3) is 0.900. The van der Waals surface area contributed by atoms with Crippen molar-refractivity contribution in [1.29, 1.82) is 0 Å². The van der Waals surface area contributed by atoms with Gasteiger partial charge in [0.1, 0.15) is 0 Å². The summed E-state index contributed by atoms with van der Waals surface area (Å²) < 4.78 is 0. The lowest BCUT2D eigenvalue weighted by Gasteiger charge is -2.12. The van der Waals surface area contributed by atoms with Crippen molar-refractivity contribution in [2.24, 2.45) is 17.6 Å². The van der Waals surface area contributed by atoms with E-state index in [1.807, 2.05) is 13.8 Å². The predicted octanol–water partition coefficient (Wildman–Crippen LogP) is 0.106. The second-order valence-corrected chi connectivity index (χ2v) is 3.97. The van der Waals surface area contributed by atoms with E-state index in [1.165, 1.54) is 0 Å². The van der Waals surface area contributed by atoms with Crippen molar-refractivity contribution < 1.29 is 9.90 Å². The van der Waals surface area contributed by atoms with E-state index in [4.69, 9.17) is 10.8 Å². The van der Waals surface area contributed by atoms with Crippen LogP contribution < -0.4 is 11.1 Å². The normalized spacial score (nSPS) is 14.9. The van der Waals surface area contributed by atoms with Crippen molar-refractivity contribution >= 4 is 5.91 Å². The highest BCUT2D eigenvalue weighted by atomic mass is 16.3. The molecular weight excluding hydrogens is 180 g/mol. The van der Waals surface area contributed by atoms with Crippen molar-refractivity contribution in [1.82, 2.24) is 5.32 Å². The van der Waals surface area contributed by atoms with E-state index in [2.05, 4.69) is 5.32 Å². The molecule has 0 spiro atoms. The highest BCUT2D eigenvalue weighted by molar-refractivity contribution is 5.76. The molecule has 4 N–H and O–H groups in total. The van der Waals surface area contributed by atoms with Crippen molar-refractivity contribution in [3.05, 3.63) is 0 Å². The van der Waals surface area contributed by atoms with Gasteiger partial charge < -0.3 is 16.2 Å². The molecular formula is C10H22N2O2. The van der Waals surface area contributed by atoms with Crippen LogP contribution in [0.5, 0.6) is 0 Å². The smallest absolute Gasteiger partial charge is 0.220 e. The molecule has 0 aromatic heterocycles. The average molecular weight is 202 g/mol. The van der Waals surface area contributed by atoms with E-state index in [0.29, 0.717) is 25.4 Å². The van der Waals surface area contributed by atoms with Gasteiger partial charge in [0.05, 0.1) is 0 Å². The number of aliphatic hydroxyl groups is 1. The lowest BCUT2D eigenvalue weighted by Crippen LogP contribution is -2.30. The van der Waals surface area contributed by atoms with Gasteiger partial charge in [-0.1, -0.05) is 13.8 Å². The first kappa shape index (κ1) is 13.4. The summed E-state index contributed by atoms with van der Waals surface area (Å²) in [7, 11) is 0. The molecule has 0 fully saturated rings. The zero-order chi connectivity index (χ0) is 11.0. The Hall–Kier alpha value is -0.610. The SMILES string of the molecule is CC(CCO)CNC(=O)CC(C)CN. The number of rotatable bonds is 7. The van der Waals surface area contributed by atoms with Gasteiger partial charge in [0.25, 0.3) is 0 Å². The largest absolute Gasteiger partial charge is 0.396 e. The monoisotopic (exact) mass is 202 g/mol. The lowest BCUT2D eigenvalue weighted by atomic mass is 10.1. The maximum atomic E-state index is 11.3. The molecule has 0 heterocycles. The summed E-state index contributed by atoms with van der Waals surface area (Å²) in [6.07, 6.45) is 1.22. The van der Waals surface area contributed by atoms with Crippen LogP contribution in [0.15, 0.2) is 0 Å². The summed E-state index contributed by atoms with van der Waals surface area (Å²) >= 11 is 0. The number of hydrogen-bond donors (Lipinski definition) is 3. The Kier molecular flexibility index (Phi) is 7.42. The summed E-state index contributed by atoms with van der Waals surface area (Å²) in [6, 6.07) is 0. The van der Waals surface area contributed by atoms with E-state index in [0.717, 1.165) is 6.42 Å². The molecule has 0 aromatic rings. The fourth-order valence-electron chi connectivity index (χ4n) is 1.08. The molecule has 4 heteroatoms. The van der Waals surface area contributed by atoms with E-state index in [9.17, 15) is 4.79 Å². The maximum Gasteiger partial charge on any atom is 0.220 e. The van der Waals surface area contributed by atoms with Crippen LogP contribution in [-0.4, -0.2) is 30.7 Å². The fourth-order valence-corrected chi connectivity index (χ4v) is 1.08. The average Bonchev–Trinajstić information content (AvgIpc) is 2.15. The number of amides is 1. The van der Waals surface area contributed by atoms with Crippen LogP contribution in [0.3, 0.4) is 0 Å². The van der Waals surface area contributed by atoms with Gasteiger partial charge in [-0.2, -0.15) is 0 Å². The Labute approximate surface area is 85.9 Å².